The molecule has 0 radical (unpaired) electrons. The van der Waals surface area contributed by atoms with E-state index < -0.39 is 0 Å². The van der Waals surface area contributed by atoms with E-state index in [0.29, 0.717) is 6.54 Å². The zero-order chi connectivity index (χ0) is 14.4. The first-order valence-corrected chi connectivity index (χ1v) is 6.89. The summed E-state index contributed by atoms with van der Waals surface area (Å²) in [4.78, 5) is 0. The van der Waals surface area contributed by atoms with E-state index in [1.807, 2.05) is 35.1 Å². The molecule has 20 heavy (non-hydrogen) atoms. The zero-order valence-electron chi connectivity index (χ0n) is 12.0. The van der Waals surface area contributed by atoms with Gasteiger partial charge in [-0.05, 0) is 30.7 Å². The van der Waals surface area contributed by atoms with Crippen LogP contribution >= 0.6 is 0 Å². The van der Waals surface area contributed by atoms with Crippen molar-refractivity contribution in [3.8, 4) is 5.75 Å². The van der Waals surface area contributed by atoms with Gasteiger partial charge in [0.15, 0.2) is 0 Å². The molecule has 2 rings (SSSR count). The summed E-state index contributed by atoms with van der Waals surface area (Å²) in [5, 5.41) is 7.76. The molecule has 0 amide bonds. The summed E-state index contributed by atoms with van der Waals surface area (Å²) in [6.45, 7) is 3.58. The summed E-state index contributed by atoms with van der Waals surface area (Å²) >= 11 is 0. The van der Waals surface area contributed by atoms with E-state index >= 15 is 0 Å². The van der Waals surface area contributed by atoms with Crippen molar-refractivity contribution < 1.29 is 4.74 Å². The maximum atomic E-state index is 5.87. The minimum atomic E-state index is 0.0639. The molecule has 0 aliphatic carbocycles. The second-order valence-corrected chi connectivity index (χ2v) is 4.70. The maximum Gasteiger partial charge on any atom is 0.119 e. The van der Waals surface area contributed by atoms with Crippen LogP contribution in [-0.4, -0.2) is 23.4 Å². The molecule has 1 unspecified atom stereocenters. The molecule has 5 heteroatoms. The Morgan fingerprint density at radius 3 is 2.70 bits per heavy atom. The van der Waals surface area contributed by atoms with E-state index in [0.717, 1.165) is 30.0 Å². The largest absolute Gasteiger partial charge is 0.497 e. The number of benzene rings is 1. The van der Waals surface area contributed by atoms with Gasteiger partial charge in [0.1, 0.15) is 5.75 Å². The third kappa shape index (κ3) is 3.51. The van der Waals surface area contributed by atoms with Crippen molar-refractivity contribution in [2.75, 3.05) is 19.0 Å². The lowest BCUT2D eigenvalue weighted by atomic mass is 10.1. The highest BCUT2D eigenvalue weighted by Crippen LogP contribution is 2.21. The van der Waals surface area contributed by atoms with Crippen molar-refractivity contribution in [1.29, 1.82) is 0 Å². The highest BCUT2D eigenvalue weighted by Gasteiger charge is 2.11. The van der Waals surface area contributed by atoms with Crippen LogP contribution in [0.15, 0.2) is 36.7 Å². The molecule has 1 aromatic carbocycles. The number of nitrogens with one attached hydrogen (secondary N) is 1. The Hall–Kier alpha value is -2.01. The average Bonchev–Trinajstić information content (AvgIpc) is 2.94. The van der Waals surface area contributed by atoms with Crippen molar-refractivity contribution in [1.82, 2.24) is 9.78 Å². The van der Waals surface area contributed by atoms with Gasteiger partial charge in [-0.25, -0.2) is 0 Å². The van der Waals surface area contributed by atoms with Crippen LogP contribution in [-0.2, 0) is 6.54 Å². The third-order valence-corrected chi connectivity index (χ3v) is 3.17. The Morgan fingerprint density at radius 1 is 1.35 bits per heavy atom. The normalized spacial score (nSPS) is 12.2. The molecule has 0 saturated carbocycles. The minimum Gasteiger partial charge on any atom is -0.497 e. The average molecular weight is 274 g/mol. The molecule has 1 atom stereocenters. The van der Waals surface area contributed by atoms with Crippen molar-refractivity contribution in [2.24, 2.45) is 5.73 Å². The number of nitrogens with two attached hydrogens (primary N) is 1. The van der Waals surface area contributed by atoms with Crippen LogP contribution in [0.4, 0.5) is 5.69 Å². The fourth-order valence-electron chi connectivity index (χ4n) is 2.08. The standard InChI is InChI=1S/C15H22N4O/c1-3-8-19-11-12(10-17-19)15(9-16)18-13-4-6-14(20-2)7-5-13/h4-7,10-11,15,18H,3,8-9,16H2,1-2H3. The van der Waals surface area contributed by atoms with Crippen LogP contribution in [0.1, 0.15) is 24.9 Å². The number of nitrogens with zero attached hydrogens (tertiary/aromatic N) is 2. The van der Waals surface area contributed by atoms with E-state index in [2.05, 4.69) is 23.5 Å². The van der Waals surface area contributed by atoms with Crippen molar-refractivity contribution in [3.05, 3.63) is 42.2 Å². The topological polar surface area (TPSA) is 65.1 Å². The molecule has 0 bridgehead atoms. The van der Waals surface area contributed by atoms with Crippen LogP contribution in [0.25, 0.3) is 0 Å². The monoisotopic (exact) mass is 274 g/mol. The van der Waals surface area contributed by atoms with Gasteiger partial charge >= 0.3 is 0 Å². The summed E-state index contributed by atoms with van der Waals surface area (Å²) in [6.07, 6.45) is 5.00. The van der Waals surface area contributed by atoms with Gasteiger partial charge in [-0.2, -0.15) is 5.10 Å². The molecule has 0 fully saturated rings. The predicted octanol–water partition coefficient (Wildman–Crippen LogP) is 2.41. The van der Waals surface area contributed by atoms with Gasteiger partial charge in [0.25, 0.3) is 0 Å². The zero-order valence-corrected chi connectivity index (χ0v) is 12.0. The number of hydrogen-bond acceptors (Lipinski definition) is 4. The van der Waals surface area contributed by atoms with Crippen LogP contribution in [0.2, 0.25) is 0 Å². The van der Waals surface area contributed by atoms with Crippen LogP contribution in [0, 0.1) is 0 Å². The number of methoxy groups -OCH3 is 1. The van der Waals surface area contributed by atoms with Crippen LogP contribution in [0.5, 0.6) is 5.75 Å². The van der Waals surface area contributed by atoms with Crippen molar-refractivity contribution in [3.63, 3.8) is 0 Å². The first-order valence-electron chi connectivity index (χ1n) is 6.89. The van der Waals surface area contributed by atoms with Crippen molar-refractivity contribution in [2.45, 2.75) is 25.9 Å². The third-order valence-electron chi connectivity index (χ3n) is 3.17. The van der Waals surface area contributed by atoms with Gasteiger partial charge in [-0.15, -0.1) is 0 Å². The van der Waals surface area contributed by atoms with Crippen LogP contribution in [0.3, 0.4) is 0 Å². The molecular weight excluding hydrogens is 252 g/mol. The Morgan fingerprint density at radius 2 is 2.10 bits per heavy atom. The highest BCUT2D eigenvalue weighted by molar-refractivity contribution is 5.48. The van der Waals surface area contributed by atoms with E-state index in [1.165, 1.54) is 0 Å². The summed E-state index contributed by atoms with van der Waals surface area (Å²) in [5.41, 5.74) is 7.99. The fraction of sp³-hybridized carbons (Fsp3) is 0.400. The predicted molar refractivity (Wildman–Crippen MR) is 80.9 cm³/mol. The number of rotatable bonds is 7. The second-order valence-electron chi connectivity index (χ2n) is 4.70. The Balaban J connectivity index is 2.06. The smallest absolute Gasteiger partial charge is 0.119 e. The fourth-order valence-corrected chi connectivity index (χ4v) is 2.08. The SMILES string of the molecule is CCCn1cc(C(CN)Nc2ccc(OC)cc2)cn1. The lowest BCUT2D eigenvalue weighted by molar-refractivity contribution is 0.415. The van der Waals surface area contributed by atoms with Gasteiger partial charge in [-0.1, -0.05) is 6.92 Å². The number of aromatic nitrogens is 2. The number of hydrogen-bond donors (Lipinski definition) is 2. The molecular formula is C15H22N4O. The van der Waals surface area contributed by atoms with Crippen LogP contribution < -0.4 is 15.8 Å². The van der Waals surface area contributed by atoms with E-state index in [4.69, 9.17) is 10.5 Å². The summed E-state index contributed by atoms with van der Waals surface area (Å²) in [6, 6.07) is 7.89. The molecule has 0 aliphatic heterocycles. The summed E-state index contributed by atoms with van der Waals surface area (Å²) < 4.78 is 7.10. The summed E-state index contributed by atoms with van der Waals surface area (Å²) in [5.74, 6) is 0.843. The van der Waals surface area contributed by atoms with E-state index in [1.54, 1.807) is 7.11 Å². The lowest BCUT2D eigenvalue weighted by Crippen LogP contribution is -2.20. The lowest BCUT2D eigenvalue weighted by Gasteiger charge is -2.17. The van der Waals surface area contributed by atoms with Gasteiger partial charge < -0.3 is 15.8 Å². The van der Waals surface area contributed by atoms with E-state index in [9.17, 15) is 0 Å². The Labute approximate surface area is 119 Å². The molecule has 0 aliphatic rings. The maximum absolute atomic E-state index is 5.87. The molecule has 5 nitrogen and oxygen atoms in total. The molecule has 1 aromatic heterocycles. The highest BCUT2D eigenvalue weighted by atomic mass is 16.5. The van der Waals surface area contributed by atoms with Gasteiger partial charge in [-0.3, -0.25) is 4.68 Å². The number of aryl methyl sites for hydroxylation is 1. The molecule has 108 valence electrons. The quantitative estimate of drug-likeness (QED) is 0.813. The van der Waals surface area contributed by atoms with Gasteiger partial charge in [0.2, 0.25) is 0 Å². The van der Waals surface area contributed by atoms with Gasteiger partial charge in [0.05, 0.1) is 19.3 Å². The number of anilines is 1. The summed E-state index contributed by atoms with van der Waals surface area (Å²) in [7, 11) is 1.66. The first kappa shape index (κ1) is 14.4. The minimum absolute atomic E-state index is 0.0639. The molecule has 1 heterocycles. The molecule has 0 saturated heterocycles. The van der Waals surface area contributed by atoms with Gasteiger partial charge in [0, 0.05) is 30.5 Å². The first-order chi connectivity index (χ1) is 9.76. The molecule has 3 N–H and O–H groups in total. The van der Waals surface area contributed by atoms with E-state index in [-0.39, 0.29) is 6.04 Å². The molecule has 2 aromatic rings. The molecule has 0 spiro atoms. The Bertz CT molecular complexity index is 521. The Kier molecular flexibility index (Phi) is 5.01. The number of ether oxygens (including phenoxy) is 1. The van der Waals surface area contributed by atoms with Crippen molar-refractivity contribution >= 4 is 5.69 Å². The second kappa shape index (κ2) is 6.96.